The van der Waals surface area contributed by atoms with Crippen molar-refractivity contribution in [1.29, 1.82) is 0 Å². The molecule has 1 aliphatic rings. The number of hydrogen-bond acceptors (Lipinski definition) is 6. The molecule has 0 spiro atoms. The lowest BCUT2D eigenvalue weighted by atomic mass is 9.86. The molecule has 1 aromatic heterocycles. The average Bonchev–Trinajstić information content (AvgIpc) is 3.22. The van der Waals surface area contributed by atoms with E-state index in [9.17, 15) is 9.59 Å². The molecule has 0 unspecified atom stereocenters. The molecule has 7 heteroatoms. The fourth-order valence-electron chi connectivity index (χ4n) is 5.54. The summed E-state index contributed by atoms with van der Waals surface area (Å²) in [6, 6.07) is 12.1. The van der Waals surface area contributed by atoms with Crippen LogP contribution in [0.15, 0.2) is 42.5 Å². The molecular weight excluding hydrogens is 466 g/mol. The molecule has 1 fully saturated rings. The molecule has 4 rings (SSSR count). The first-order chi connectivity index (χ1) is 18.0. The molecule has 0 saturated carbocycles. The fraction of sp³-hybridized carbons (Fsp3) is 0.467. The number of para-hydroxylation sites is 1. The van der Waals surface area contributed by atoms with E-state index in [-0.39, 0.29) is 11.3 Å². The Morgan fingerprint density at radius 3 is 2.46 bits per heavy atom. The Balaban J connectivity index is 1.57. The van der Waals surface area contributed by atoms with Gasteiger partial charge in [0, 0.05) is 11.1 Å². The molecule has 1 aliphatic heterocycles. The lowest BCUT2D eigenvalue weighted by molar-refractivity contribution is 0.0593. The van der Waals surface area contributed by atoms with E-state index < -0.39 is 11.9 Å². The van der Waals surface area contributed by atoms with Gasteiger partial charge in [-0.05, 0) is 87.1 Å². The number of methoxy groups -OCH3 is 1. The van der Waals surface area contributed by atoms with Gasteiger partial charge in [-0.25, -0.2) is 9.59 Å². The number of nitrogen functional groups attached to an aromatic ring is 1. The van der Waals surface area contributed by atoms with Crippen molar-refractivity contribution in [2.24, 2.45) is 0 Å². The zero-order valence-electron chi connectivity index (χ0n) is 22.3. The van der Waals surface area contributed by atoms with E-state index in [0.29, 0.717) is 11.5 Å². The maximum Gasteiger partial charge on any atom is 0.343 e. The fourth-order valence-corrected chi connectivity index (χ4v) is 5.54. The number of rotatable bonds is 10. The minimum atomic E-state index is -0.550. The van der Waals surface area contributed by atoms with Gasteiger partial charge in [-0.15, -0.1) is 0 Å². The third-order valence-electron chi connectivity index (χ3n) is 7.54. The van der Waals surface area contributed by atoms with Gasteiger partial charge in [-0.2, -0.15) is 0 Å². The summed E-state index contributed by atoms with van der Waals surface area (Å²) in [5.74, 6) is 6.05. The quantitative estimate of drug-likeness (QED) is 0.165. The zero-order valence-corrected chi connectivity index (χ0v) is 22.3. The molecule has 0 amide bonds. The highest BCUT2D eigenvalue weighted by molar-refractivity contribution is 5.99. The topological polar surface area (TPSA) is 86.8 Å². The van der Waals surface area contributed by atoms with Crippen LogP contribution < -0.4 is 10.6 Å². The van der Waals surface area contributed by atoms with Crippen LogP contribution in [-0.2, 0) is 11.2 Å². The maximum absolute atomic E-state index is 13.1. The summed E-state index contributed by atoms with van der Waals surface area (Å²) < 4.78 is 12.2. The van der Waals surface area contributed by atoms with Crippen LogP contribution in [0.3, 0.4) is 0 Å². The number of esters is 2. The Morgan fingerprint density at radius 2 is 1.76 bits per heavy atom. The number of carbonyl (C=O) groups excluding carboxylic acids is 2. The van der Waals surface area contributed by atoms with Crippen LogP contribution in [0.2, 0.25) is 0 Å². The third-order valence-corrected chi connectivity index (χ3v) is 7.54. The van der Waals surface area contributed by atoms with E-state index in [4.69, 9.17) is 15.3 Å². The van der Waals surface area contributed by atoms with E-state index in [1.807, 2.05) is 12.1 Å². The SMILES string of the molecule is CCCCCCN1CCC(c2c(CC)n(N)c3ccc(C(=O)Oc4ccccc4C(=O)OC)cc23)CC1. The van der Waals surface area contributed by atoms with Crippen LogP contribution in [0.25, 0.3) is 10.9 Å². The monoisotopic (exact) mass is 505 g/mol. The number of ether oxygens (including phenoxy) is 2. The first-order valence-corrected chi connectivity index (χ1v) is 13.5. The normalized spacial score (nSPS) is 14.7. The number of aromatic nitrogens is 1. The van der Waals surface area contributed by atoms with Gasteiger partial charge in [0.25, 0.3) is 0 Å². The molecule has 1 saturated heterocycles. The van der Waals surface area contributed by atoms with Gasteiger partial charge in [-0.1, -0.05) is 45.2 Å². The summed E-state index contributed by atoms with van der Waals surface area (Å²) >= 11 is 0. The number of benzene rings is 2. The zero-order chi connectivity index (χ0) is 26.4. The average molecular weight is 506 g/mol. The highest BCUT2D eigenvalue weighted by Gasteiger charge is 2.27. The predicted octanol–water partition coefficient (Wildman–Crippen LogP) is 5.68. The lowest BCUT2D eigenvalue weighted by Gasteiger charge is -2.32. The molecule has 0 radical (unpaired) electrons. The van der Waals surface area contributed by atoms with Crippen molar-refractivity contribution in [3.63, 3.8) is 0 Å². The second kappa shape index (κ2) is 12.3. The number of carbonyl (C=O) groups is 2. The van der Waals surface area contributed by atoms with E-state index in [1.54, 1.807) is 35.0 Å². The third kappa shape index (κ3) is 5.82. The first-order valence-electron chi connectivity index (χ1n) is 13.5. The molecule has 2 N–H and O–H groups in total. The number of piperidine rings is 1. The second-order valence-corrected chi connectivity index (χ2v) is 9.87. The predicted molar refractivity (Wildman–Crippen MR) is 147 cm³/mol. The molecule has 2 heterocycles. The van der Waals surface area contributed by atoms with Crippen LogP contribution in [0, 0.1) is 0 Å². The summed E-state index contributed by atoms with van der Waals surface area (Å²) in [6.07, 6.45) is 8.14. The first kappa shape index (κ1) is 26.7. The molecule has 198 valence electrons. The molecule has 3 aromatic rings. The molecule has 0 bridgehead atoms. The summed E-state index contributed by atoms with van der Waals surface area (Å²) in [5, 5.41) is 1.01. The smallest absolute Gasteiger partial charge is 0.343 e. The standard InChI is InChI=1S/C30H39N3O4/c1-4-6-7-10-17-32-18-15-21(16-19-32)28-24-20-22(13-14-26(24)33(31)25(28)5-2)29(34)37-27-12-9-8-11-23(27)30(35)36-3/h8-9,11-14,20-21H,4-7,10,15-19,31H2,1-3H3. The van der Waals surface area contributed by atoms with Gasteiger partial charge < -0.3 is 20.2 Å². The van der Waals surface area contributed by atoms with Gasteiger partial charge in [-0.3, -0.25) is 4.68 Å². The maximum atomic E-state index is 13.1. The molecule has 2 aromatic carbocycles. The van der Waals surface area contributed by atoms with E-state index in [0.717, 1.165) is 48.9 Å². The van der Waals surface area contributed by atoms with E-state index >= 15 is 0 Å². The Labute approximate surface area is 219 Å². The van der Waals surface area contributed by atoms with Crippen LogP contribution in [0.4, 0.5) is 0 Å². The molecule has 0 aliphatic carbocycles. The summed E-state index contributed by atoms with van der Waals surface area (Å²) in [4.78, 5) is 27.8. The minimum Gasteiger partial charge on any atom is -0.465 e. The largest absolute Gasteiger partial charge is 0.465 e. The highest BCUT2D eigenvalue weighted by atomic mass is 16.5. The van der Waals surface area contributed by atoms with Crippen molar-refractivity contribution in [1.82, 2.24) is 9.58 Å². The van der Waals surface area contributed by atoms with Gasteiger partial charge in [0.1, 0.15) is 11.3 Å². The number of hydrogen-bond donors (Lipinski definition) is 1. The van der Waals surface area contributed by atoms with Gasteiger partial charge >= 0.3 is 11.9 Å². The molecular formula is C30H39N3O4. The van der Waals surface area contributed by atoms with Crippen LogP contribution in [0.5, 0.6) is 5.75 Å². The number of nitrogens with two attached hydrogens (primary N) is 1. The van der Waals surface area contributed by atoms with Crippen LogP contribution in [0.1, 0.15) is 90.3 Å². The number of unbranched alkanes of at least 4 members (excludes halogenated alkanes) is 3. The Kier molecular flexibility index (Phi) is 8.87. The van der Waals surface area contributed by atoms with Crippen molar-refractivity contribution < 1.29 is 19.1 Å². The second-order valence-electron chi connectivity index (χ2n) is 9.87. The lowest BCUT2D eigenvalue weighted by Crippen LogP contribution is -2.34. The van der Waals surface area contributed by atoms with E-state index in [2.05, 4.69) is 18.7 Å². The Hall–Kier alpha value is -3.32. The Morgan fingerprint density at radius 1 is 1.00 bits per heavy atom. The summed E-state index contributed by atoms with van der Waals surface area (Å²) in [6.45, 7) is 7.72. The number of likely N-dealkylation sites (tertiary alicyclic amines) is 1. The number of nitrogens with zero attached hydrogens (tertiary/aromatic N) is 2. The molecule has 0 atom stereocenters. The number of fused-ring (bicyclic) bond motifs is 1. The van der Waals surface area contributed by atoms with E-state index in [1.165, 1.54) is 44.9 Å². The van der Waals surface area contributed by atoms with Crippen LogP contribution >= 0.6 is 0 Å². The van der Waals surface area contributed by atoms with Crippen LogP contribution in [-0.4, -0.2) is 48.3 Å². The van der Waals surface area contributed by atoms with Crippen molar-refractivity contribution in [3.8, 4) is 5.75 Å². The van der Waals surface area contributed by atoms with Crippen molar-refractivity contribution in [3.05, 3.63) is 64.8 Å². The van der Waals surface area contributed by atoms with Gasteiger partial charge in [0.05, 0.1) is 18.2 Å². The molecule has 7 nitrogen and oxygen atoms in total. The minimum absolute atomic E-state index is 0.177. The van der Waals surface area contributed by atoms with Crippen molar-refractivity contribution in [2.45, 2.75) is 64.7 Å². The van der Waals surface area contributed by atoms with Crippen molar-refractivity contribution >= 4 is 22.8 Å². The summed E-state index contributed by atoms with van der Waals surface area (Å²) in [7, 11) is 1.30. The van der Waals surface area contributed by atoms with Crippen molar-refractivity contribution in [2.75, 3.05) is 32.6 Å². The van der Waals surface area contributed by atoms with Gasteiger partial charge in [0.15, 0.2) is 0 Å². The Bertz CT molecular complexity index is 1240. The highest BCUT2D eigenvalue weighted by Crippen LogP contribution is 2.38. The molecule has 37 heavy (non-hydrogen) atoms. The van der Waals surface area contributed by atoms with Gasteiger partial charge in [0.2, 0.25) is 0 Å². The summed E-state index contributed by atoms with van der Waals surface area (Å²) in [5.41, 5.74) is 3.94.